The number of nitriles is 1. The Hall–Kier alpha value is -1.60. The van der Waals surface area contributed by atoms with Crippen molar-refractivity contribution in [3.8, 4) is 6.07 Å². The van der Waals surface area contributed by atoms with Gasteiger partial charge in [0, 0.05) is 12.3 Å². The van der Waals surface area contributed by atoms with E-state index in [1.807, 2.05) is 6.07 Å². The zero-order valence-electron chi connectivity index (χ0n) is 9.17. The topological polar surface area (TPSA) is 52.9 Å². The molecular formula is C12H12ClFN2O. The van der Waals surface area contributed by atoms with Crippen molar-refractivity contribution >= 4 is 23.2 Å². The molecule has 0 saturated carbocycles. The van der Waals surface area contributed by atoms with Crippen LogP contribution in [-0.4, -0.2) is 11.8 Å². The molecule has 0 aromatic heterocycles. The molecule has 0 aliphatic heterocycles. The number of unbranched alkanes of at least 4 members (excludes halogenated alkanes) is 1. The SMILES string of the molecule is N#Cc1cc(F)ccc1NC(=O)CCCCCl. The Bertz CT molecular complexity index is 443. The van der Waals surface area contributed by atoms with Crippen molar-refractivity contribution in [1.82, 2.24) is 0 Å². The van der Waals surface area contributed by atoms with E-state index in [9.17, 15) is 9.18 Å². The molecule has 1 rings (SSSR count). The van der Waals surface area contributed by atoms with E-state index in [0.29, 0.717) is 24.4 Å². The number of carbonyl (C=O) groups is 1. The van der Waals surface area contributed by atoms with Crippen LogP contribution in [0.2, 0.25) is 0 Å². The summed E-state index contributed by atoms with van der Waals surface area (Å²) in [5.41, 5.74) is 0.459. The number of alkyl halides is 1. The molecule has 5 heteroatoms. The second kappa shape index (κ2) is 6.87. The summed E-state index contributed by atoms with van der Waals surface area (Å²) < 4.78 is 12.8. The lowest BCUT2D eigenvalue weighted by Crippen LogP contribution is -2.12. The lowest BCUT2D eigenvalue weighted by Gasteiger charge is -2.06. The van der Waals surface area contributed by atoms with Gasteiger partial charge < -0.3 is 5.32 Å². The van der Waals surface area contributed by atoms with E-state index in [1.165, 1.54) is 12.1 Å². The Balaban J connectivity index is 2.62. The smallest absolute Gasteiger partial charge is 0.224 e. The van der Waals surface area contributed by atoms with Crippen LogP contribution in [0.1, 0.15) is 24.8 Å². The van der Waals surface area contributed by atoms with Crippen molar-refractivity contribution in [2.45, 2.75) is 19.3 Å². The lowest BCUT2D eigenvalue weighted by atomic mass is 10.1. The van der Waals surface area contributed by atoms with Gasteiger partial charge in [-0.3, -0.25) is 4.79 Å². The van der Waals surface area contributed by atoms with Crippen LogP contribution in [0.4, 0.5) is 10.1 Å². The fourth-order valence-corrected chi connectivity index (χ4v) is 1.50. The van der Waals surface area contributed by atoms with Crippen LogP contribution in [0.15, 0.2) is 18.2 Å². The lowest BCUT2D eigenvalue weighted by molar-refractivity contribution is -0.116. The molecule has 0 spiro atoms. The third-order valence-corrected chi connectivity index (χ3v) is 2.43. The van der Waals surface area contributed by atoms with Gasteiger partial charge in [0.25, 0.3) is 0 Å². The first-order valence-electron chi connectivity index (χ1n) is 5.23. The first kappa shape index (κ1) is 13.5. The van der Waals surface area contributed by atoms with E-state index < -0.39 is 5.82 Å². The van der Waals surface area contributed by atoms with Gasteiger partial charge in [-0.25, -0.2) is 4.39 Å². The van der Waals surface area contributed by atoms with Crippen molar-refractivity contribution in [3.05, 3.63) is 29.6 Å². The minimum absolute atomic E-state index is 0.121. The van der Waals surface area contributed by atoms with E-state index >= 15 is 0 Å². The van der Waals surface area contributed by atoms with Gasteiger partial charge >= 0.3 is 0 Å². The fraction of sp³-hybridized carbons (Fsp3) is 0.333. The molecule has 1 N–H and O–H groups in total. The third kappa shape index (κ3) is 4.41. The Morgan fingerprint density at radius 1 is 1.47 bits per heavy atom. The van der Waals surface area contributed by atoms with Crippen LogP contribution >= 0.6 is 11.6 Å². The minimum Gasteiger partial charge on any atom is -0.325 e. The number of benzene rings is 1. The highest BCUT2D eigenvalue weighted by Gasteiger charge is 2.07. The molecule has 0 atom stereocenters. The summed E-state index contributed by atoms with van der Waals surface area (Å²) in [7, 11) is 0. The van der Waals surface area contributed by atoms with Crippen LogP contribution < -0.4 is 5.32 Å². The minimum atomic E-state index is -0.498. The summed E-state index contributed by atoms with van der Waals surface area (Å²) in [6.45, 7) is 0. The highest BCUT2D eigenvalue weighted by Crippen LogP contribution is 2.16. The summed E-state index contributed by atoms with van der Waals surface area (Å²) in [5.74, 6) is -0.173. The van der Waals surface area contributed by atoms with Gasteiger partial charge in [-0.2, -0.15) is 5.26 Å². The van der Waals surface area contributed by atoms with Crippen molar-refractivity contribution in [2.75, 3.05) is 11.2 Å². The van der Waals surface area contributed by atoms with Gasteiger partial charge in [0.2, 0.25) is 5.91 Å². The van der Waals surface area contributed by atoms with Crippen molar-refractivity contribution in [2.24, 2.45) is 0 Å². The molecule has 17 heavy (non-hydrogen) atoms. The first-order valence-corrected chi connectivity index (χ1v) is 5.76. The zero-order valence-corrected chi connectivity index (χ0v) is 9.93. The largest absolute Gasteiger partial charge is 0.325 e. The van der Waals surface area contributed by atoms with Gasteiger partial charge in [-0.05, 0) is 31.0 Å². The predicted molar refractivity (Wildman–Crippen MR) is 64.3 cm³/mol. The van der Waals surface area contributed by atoms with Crippen LogP contribution in [0.3, 0.4) is 0 Å². The Morgan fingerprint density at radius 3 is 2.88 bits per heavy atom. The Kier molecular flexibility index (Phi) is 5.44. The average Bonchev–Trinajstić information content (AvgIpc) is 2.32. The number of halogens is 2. The molecule has 0 unspecified atom stereocenters. The number of amides is 1. The Labute approximate surface area is 104 Å². The van der Waals surface area contributed by atoms with Crippen molar-refractivity contribution in [3.63, 3.8) is 0 Å². The summed E-state index contributed by atoms with van der Waals surface area (Å²) in [4.78, 5) is 11.5. The third-order valence-electron chi connectivity index (χ3n) is 2.16. The molecule has 0 aliphatic rings. The summed E-state index contributed by atoms with van der Waals surface area (Å²) in [5, 5.41) is 11.4. The number of hydrogen-bond donors (Lipinski definition) is 1. The second-order valence-electron chi connectivity index (χ2n) is 3.50. The molecular weight excluding hydrogens is 243 g/mol. The number of anilines is 1. The maximum Gasteiger partial charge on any atom is 0.224 e. The van der Waals surface area contributed by atoms with E-state index in [4.69, 9.17) is 16.9 Å². The number of nitrogens with zero attached hydrogens (tertiary/aromatic N) is 1. The monoisotopic (exact) mass is 254 g/mol. The standard InChI is InChI=1S/C12H12ClFN2O/c13-6-2-1-3-12(17)16-11-5-4-10(14)7-9(11)8-15/h4-5,7H,1-3,6H2,(H,16,17). The van der Waals surface area contributed by atoms with E-state index in [-0.39, 0.29) is 11.5 Å². The highest BCUT2D eigenvalue weighted by molar-refractivity contribution is 6.17. The fourth-order valence-electron chi connectivity index (χ4n) is 1.31. The van der Waals surface area contributed by atoms with Gasteiger partial charge in [0.1, 0.15) is 11.9 Å². The molecule has 0 bridgehead atoms. The molecule has 90 valence electrons. The molecule has 3 nitrogen and oxygen atoms in total. The molecule has 1 aromatic rings. The van der Waals surface area contributed by atoms with Gasteiger partial charge in [0.05, 0.1) is 11.3 Å². The van der Waals surface area contributed by atoms with Gasteiger partial charge in [-0.15, -0.1) is 11.6 Å². The summed E-state index contributed by atoms with van der Waals surface area (Å²) in [6.07, 6.45) is 1.80. The quantitative estimate of drug-likeness (QED) is 0.649. The van der Waals surface area contributed by atoms with Crippen molar-refractivity contribution in [1.29, 1.82) is 5.26 Å². The average molecular weight is 255 g/mol. The van der Waals surface area contributed by atoms with E-state index in [0.717, 1.165) is 12.5 Å². The summed E-state index contributed by atoms with van der Waals surface area (Å²) >= 11 is 5.49. The number of carbonyl (C=O) groups excluding carboxylic acids is 1. The maximum absolute atomic E-state index is 12.8. The molecule has 0 heterocycles. The number of hydrogen-bond acceptors (Lipinski definition) is 2. The first-order chi connectivity index (χ1) is 8.17. The van der Waals surface area contributed by atoms with E-state index in [2.05, 4.69) is 5.32 Å². The van der Waals surface area contributed by atoms with Gasteiger partial charge in [-0.1, -0.05) is 0 Å². The van der Waals surface area contributed by atoms with E-state index in [1.54, 1.807) is 0 Å². The zero-order chi connectivity index (χ0) is 12.7. The van der Waals surface area contributed by atoms with Crippen LogP contribution in [0.5, 0.6) is 0 Å². The van der Waals surface area contributed by atoms with Crippen LogP contribution in [0, 0.1) is 17.1 Å². The summed E-state index contributed by atoms with van der Waals surface area (Å²) in [6, 6.07) is 5.51. The normalized spacial score (nSPS) is 9.71. The molecule has 0 aliphatic carbocycles. The number of rotatable bonds is 5. The molecule has 1 aromatic carbocycles. The Morgan fingerprint density at radius 2 is 2.24 bits per heavy atom. The molecule has 0 saturated heterocycles. The molecule has 0 radical (unpaired) electrons. The van der Waals surface area contributed by atoms with Crippen LogP contribution in [-0.2, 0) is 4.79 Å². The predicted octanol–water partition coefficient (Wildman–Crippen LogP) is 3.04. The highest BCUT2D eigenvalue weighted by atomic mass is 35.5. The molecule has 0 fully saturated rings. The number of nitrogens with one attached hydrogen (secondary N) is 1. The van der Waals surface area contributed by atoms with Crippen molar-refractivity contribution < 1.29 is 9.18 Å². The second-order valence-corrected chi connectivity index (χ2v) is 3.87. The maximum atomic E-state index is 12.8. The molecule has 1 amide bonds. The van der Waals surface area contributed by atoms with Gasteiger partial charge in [0.15, 0.2) is 0 Å². The van der Waals surface area contributed by atoms with Crippen LogP contribution in [0.25, 0.3) is 0 Å².